The molecule has 1 aromatic carbocycles. The number of carbonyl (C=O) groups is 1. The number of anilines is 1. The normalized spacial score (nSPS) is 19.0. The van der Waals surface area contributed by atoms with Gasteiger partial charge in [0.25, 0.3) is 5.91 Å². The summed E-state index contributed by atoms with van der Waals surface area (Å²) >= 11 is 0. The van der Waals surface area contributed by atoms with Gasteiger partial charge < -0.3 is 16.2 Å². The van der Waals surface area contributed by atoms with Gasteiger partial charge in [0, 0.05) is 17.8 Å². The Balaban J connectivity index is 1.65. The number of pyridine rings is 1. The number of aromatic nitrogens is 3. The first-order valence-electron chi connectivity index (χ1n) is 10.9. The van der Waals surface area contributed by atoms with E-state index in [1.165, 1.54) is 12.8 Å². The minimum absolute atomic E-state index is 0.186. The Labute approximate surface area is 182 Å². The van der Waals surface area contributed by atoms with Gasteiger partial charge in [0.05, 0.1) is 6.04 Å². The molecule has 0 radical (unpaired) electrons. The van der Waals surface area contributed by atoms with E-state index in [0.29, 0.717) is 29.1 Å². The third-order valence-electron chi connectivity index (χ3n) is 6.11. The van der Waals surface area contributed by atoms with Gasteiger partial charge in [0.1, 0.15) is 22.8 Å². The van der Waals surface area contributed by atoms with Gasteiger partial charge in [-0.3, -0.25) is 4.79 Å². The van der Waals surface area contributed by atoms with E-state index < -0.39 is 5.91 Å². The van der Waals surface area contributed by atoms with Gasteiger partial charge >= 0.3 is 0 Å². The molecule has 31 heavy (non-hydrogen) atoms. The van der Waals surface area contributed by atoms with Gasteiger partial charge in [-0.2, -0.15) is 5.10 Å². The molecule has 1 aliphatic rings. The molecule has 3 aromatic rings. The molecule has 7 heteroatoms. The zero-order chi connectivity index (χ0) is 21.8. The molecule has 0 spiro atoms. The van der Waals surface area contributed by atoms with Crippen LogP contribution in [-0.4, -0.2) is 20.7 Å². The second-order valence-electron chi connectivity index (χ2n) is 8.16. The number of primary amides is 1. The third kappa shape index (κ3) is 4.55. The molecule has 4 rings (SSSR count). The summed E-state index contributed by atoms with van der Waals surface area (Å²) in [5.41, 5.74) is 13.7. The fourth-order valence-corrected chi connectivity index (χ4v) is 4.41. The average molecular weight is 420 g/mol. The third-order valence-corrected chi connectivity index (χ3v) is 6.11. The van der Waals surface area contributed by atoms with Crippen LogP contribution >= 0.6 is 0 Å². The van der Waals surface area contributed by atoms with Crippen LogP contribution in [0.1, 0.15) is 61.8 Å². The van der Waals surface area contributed by atoms with Crippen LogP contribution in [0, 0.1) is 5.92 Å². The summed E-state index contributed by atoms with van der Waals surface area (Å²) in [7, 11) is 0. The van der Waals surface area contributed by atoms with Crippen molar-refractivity contribution in [2.24, 2.45) is 11.7 Å². The van der Waals surface area contributed by atoms with E-state index in [9.17, 15) is 4.79 Å². The molecule has 2 heterocycles. The first-order chi connectivity index (χ1) is 15.1. The van der Waals surface area contributed by atoms with E-state index in [0.717, 1.165) is 31.2 Å². The number of nitrogens with zero attached hydrogens (tertiary/aromatic N) is 3. The zero-order valence-corrected chi connectivity index (χ0v) is 17.8. The molecule has 7 nitrogen and oxygen atoms in total. The average Bonchev–Trinajstić information content (AvgIpc) is 2.96. The summed E-state index contributed by atoms with van der Waals surface area (Å²) in [6.07, 6.45) is 8.46. The molecule has 0 bridgehead atoms. The highest BCUT2D eigenvalue weighted by molar-refractivity contribution is 6.03. The van der Waals surface area contributed by atoms with E-state index in [2.05, 4.69) is 11.9 Å². The van der Waals surface area contributed by atoms with E-state index in [1.54, 1.807) is 12.3 Å². The van der Waals surface area contributed by atoms with Crippen molar-refractivity contribution in [3.63, 3.8) is 0 Å². The summed E-state index contributed by atoms with van der Waals surface area (Å²) in [4.78, 5) is 16.4. The molecule has 4 N–H and O–H groups in total. The fourth-order valence-electron chi connectivity index (χ4n) is 4.41. The smallest absolute Gasteiger partial charge is 0.254 e. The van der Waals surface area contributed by atoms with Crippen molar-refractivity contribution in [1.82, 2.24) is 14.8 Å². The minimum atomic E-state index is -0.562. The zero-order valence-electron chi connectivity index (χ0n) is 17.8. The lowest BCUT2D eigenvalue weighted by Gasteiger charge is -2.20. The van der Waals surface area contributed by atoms with Crippen molar-refractivity contribution in [3.8, 4) is 22.9 Å². The molecule has 0 saturated heterocycles. The van der Waals surface area contributed by atoms with Gasteiger partial charge in [-0.15, -0.1) is 0 Å². The van der Waals surface area contributed by atoms with Crippen LogP contribution in [0.2, 0.25) is 0 Å². The maximum absolute atomic E-state index is 12.3. The molecule has 0 aliphatic heterocycles. The molecule has 2 unspecified atom stereocenters. The van der Waals surface area contributed by atoms with Crippen molar-refractivity contribution in [1.29, 1.82) is 0 Å². The quantitative estimate of drug-likeness (QED) is 0.549. The number of ether oxygens (including phenoxy) is 1. The molecular formula is C24H29N5O2. The Bertz CT molecular complexity index is 1030. The van der Waals surface area contributed by atoms with E-state index in [4.69, 9.17) is 21.3 Å². The van der Waals surface area contributed by atoms with Crippen LogP contribution in [0.15, 0.2) is 48.7 Å². The highest BCUT2D eigenvalue weighted by atomic mass is 16.5. The maximum Gasteiger partial charge on any atom is 0.254 e. The molecule has 162 valence electrons. The monoisotopic (exact) mass is 419 g/mol. The van der Waals surface area contributed by atoms with Gasteiger partial charge in [-0.05, 0) is 49.1 Å². The lowest BCUT2D eigenvalue weighted by Crippen LogP contribution is -2.18. The largest absolute Gasteiger partial charge is 0.439 e. The number of nitrogen functional groups attached to an aromatic ring is 1. The highest BCUT2D eigenvalue weighted by Crippen LogP contribution is 2.37. The second-order valence-corrected chi connectivity index (χ2v) is 8.16. The topological polar surface area (TPSA) is 109 Å². The maximum atomic E-state index is 12.3. The number of hydrogen-bond acceptors (Lipinski definition) is 5. The predicted octanol–water partition coefficient (Wildman–Crippen LogP) is 4.95. The molecule has 1 fully saturated rings. The van der Waals surface area contributed by atoms with Crippen molar-refractivity contribution in [3.05, 3.63) is 54.2 Å². The molecule has 2 atom stereocenters. The Morgan fingerprint density at radius 3 is 2.61 bits per heavy atom. The van der Waals surface area contributed by atoms with E-state index in [-0.39, 0.29) is 11.6 Å². The second kappa shape index (κ2) is 9.20. The number of amides is 1. The van der Waals surface area contributed by atoms with Crippen LogP contribution < -0.4 is 16.2 Å². The molecular weight excluding hydrogens is 390 g/mol. The first kappa shape index (κ1) is 20.9. The SMILES string of the molecule is CCC1CCCCC(n2nc(-c3ccc(Oc4ccccn4)cc3)c(C(N)=O)c2N)C1. The van der Waals surface area contributed by atoms with Crippen LogP contribution in [0.25, 0.3) is 11.3 Å². The van der Waals surface area contributed by atoms with E-state index >= 15 is 0 Å². The van der Waals surface area contributed by atoms with Crippen LogP contribution in [0.5, 0.6) is 11.6 Å². The number of rotatable bonds is 6. The number of nitrogens with two attached hydrogens (primary N) is 2. The molecule has 2 aromatic heterocycles. The highest BCUT2D eigenvalue weighted by Gasteiger charge is 2.28. The summed E-state index contributed by atoms with van der Waals surface area (Å²) in [5, 5.41) is 4.79. The van der Waals surface area contributed by atoms with Crippen LogP contribution in [0.4, 0.5) is 5.82 Å². The van der Waals surface area contributed by atoms with Gasteiger partial charge in [0.15, 0.2) is 0 Å². The van der Waals surface area contributed by atoms with E-state index in [1.807, 2.05) is 41.1 Å². The van der Waals surface area contributed by atoms with Gasteiger partial charge in [-0.25, -0.2) is 9.67 Å². The van der Waals surface area contributed by atoms with Crippen molar-refractivity contribution in [2.45, 2.75) is 51.5 Å². The Morgan fingerprint density at radius 2 is 1.94 bits per heavy atom. The van der Waals surface area contributed by atoms with Gasteiger partial charge in [0.2, 0.25) is 5.88 Å². The molecule has 1 saturated carbocycles. The summed E-state index contributed by atoms with van der Waals surface area (Å²) in [5.74, 6) is 1.61. The van der Waals surface area contributed by atoms with Crippen LogP contribution in [-0.2, 0) is 0 Å². The lowest BCUT2D eigenvalue weighted by atomic mass is 9.95. The lowest BCUT2D eigenvalue weighted by molar-refractivity contribution is 0.100. The molecule has 1 aliphatic carbocycles. The van der Waals surface area contributed by atoms with Crippen molar-refractivity contribution >= 4 is 11.7 Å². The number of carbonyl (C=O) groups excluding carboxylic acids is 1. The van der Waals surface area contributed by atoms with Crippen LogP contribution in [0.3, 0.4) is 0 Å². The summed E-state index contributed by atoms with van der Waals surface area (Å²) in [6.45, 7) is 2.23. The fraction of sp³-hybridized carbons (Fsp3) is 0.375. The predicted molar refractivity (Wildman–Crippen MR) is 121 cm³/mol. The van der Waals surface area contributed by atoms with Gasteiger partial charge in [-0.1, -0.05) is 38.7 Å². The first-order valence-corrected chi connectivity index (χ1v) is 10.9. The Hall–Kier alpha value is -3.35. The number of hydrogen-bond donors (Lipinski definition) is 2. The number of benzene rings is 1. The standard InChI is InChI=1S/C24H29N5O2/c1-2-16-7-3-4-8-18(15-16)29-23(25)21(24(26)30)22(28-29)17-10-12-19(13-11-17)31-20-9-5-6-14-27-20/h5-6,9-14,16,18H,2-4,7-8,15,25H2,1H3,(H2,26,30). The van der Waals surface area contributed by atoms with Crippen molar-refractivity contribution < 1.29 is 9.53 Å². The summed E-state index contributed by atoms with van der Waals surface area (Å²) < 4.78 is 7.59. The Morgan fingerprint density at radius 1 is 1.16 bits per heavy atom. The summed E-state index contributed by atoms with van der Waals surface area (Å²) in [6, 6.07) is 13.0. The Kier molecular flexibility index (Phi) is 6.21. The van der Waals surface area contributed by atoms with Crippen molar-refractivity contribution in [2.75, 3.05) is 5.73 Å². The molecule has 1 amide bonds. The minimum Gasteiger partial charge on any atom is -0.439 e.